The van der Waals surface area contributed by atoms with Crippen molar-refractivity contribution in [2.45, 2.75) is 18.9 Å². The van der Waals surface area contributed by atoms with Crippen molar-refractivity contribution in [3.05, 3.63) is 35.9 Å². The minimum atomic E-state index is -0.668. The molecule has 0 saturated carbocycles. The van der Waals surface area contributed by atoms with Gasteiger partial charge in [-0.1, -0.05) is 30.3 Å². The Bertz CT molecular complexity index is 363. The van der Waals surface area contributed by atoms with Gasteiger partial charge in [0, 0.05) is 12.6 Å². The van der Waals surface area contributed by atoms with Gasteiger partial charge in [-0.05, 0) is 25.5 Å². The van der Waals surface area contributed by atoms with Crippen molar-refractivity contribution in [1.82, 2.24) is 4.90 Å². The lowest BCUT2D eigenvalue weighted by molar-refractivity contribution is -0.144. The van der Waals surface area contributed by atoms with Gasteiger partial charge in [0.05, 0.1) is 5.92 Å². The standard InChI is InChI=1S/C13H17NO2/c1-14-9-11(13(15)16)7-8-12(14)10-5-3-2-4-6-10/h2-6,11-12H,7-9H2,1H3,(H,15,16). The Morgan fingerprint density at radius 3 is 2.56 bits per heavy atom. The summed E-state index contributed by atoms with van der Waals surface area (Å²) in [4.78, 5) is 13.1. The molecule has 0 radical (unpaired) electrons. The second-order valence-electron chi connectivity index (χ2n) is 4.48. The highest BCUT2D eigenvalue weighted by molar-refractivity contribution is 5.70. The van der Waals surface area contributed by atoms with Gasteiger partial charge in [0.1, 0.15) is 0 Å². The molecule has 3 nitrogen and oxygen atoms in total. The summed E-state index contributed by atoms with van der Waals surface area (Å²) in [5, 5.41) is 8.99. The summed E-state index contributed by atoms with van der Waals surface area (Å²) in [5.41, 5.74) is 1.29. The van der Waals surface area contributed by atoms with E-state index in [-0.39, 0.29) is 5.92 Å². The third kappa shape index (κ3) is 2.25. The lowest BCUT2D eigenvalue weighted by atomic mass is 9.89. The fraction of sp³-hybridized carbons (Fsp3) is 0.462. The molecule has 1 aliphatic rings. The number of carboxylic acids is 1. The highest BCUT2D eigenvalue weighted by Gasteiger charge is 2.30. The molecule has 1 aliphatic heterocycles. The molecule has 1 aromatic rings. The summed E-state index contributed by atoms with van der Waals surface area (Å²) in [6.45, 7) is 0.648. The van der Waals surface area contributed by atoms with Crippen molar-refractivity contribution in [2.75, 3.05) is 13.6 Å². The molecule has 16 heavy (non-hydrogen) atoms. The van der Waals surface area contributed by atoms with E-state index in [9.17, 15) is 4.79 Å². The molecule has 0 spiro atoms. The maximum atomic E-state index is 10.9. The van der Waals surface area contributed by atoms with Crippen LogP contribution in [0.25, 0.3) is 0 Å². The van der Waals surface area contributed by atoms with Gasteiger partial charge >= 0.3 is 5.97 Å². The van der Waals surface area contributed by atoms with E-state index in [0.717, 1.165) is 12.8 Å². The average molecular weight is 219 g/mol. The van der Waals surface area contributed by atoms with E-state index in [0.29, 0.717) is 12.6 Å². The number of piperidine rings is 1. The first-order valence-corrected chi connectivity index (χ1v) is 5.66. The summed E-state index contributed by atoms with van der Waals surface area (Å²) in [5.74, 6) is -0.872. The molecule has 1 saturated heterocycles. The topological polar surface area (TPSA) is 40.5 Å². The summed E-state index contributed by atoms with van der Waals surface area (Å²) in [6, 6.07) is 10.7. The van der Waals surface area contributed by atoms with E-state index < -0.39 is 5.97 Å². The zero-order chi connectivity index (χ0) is 11.5. The molecular formula is C13H17NO2. The summed E-state index contributed by atoms with van der Waals surface area (Å²) < 4.78 is 0. The van der Waals surface area contributed by atoms with Crippen LogP contribution in [0.15, 0.2) is 30.3 Å². The highest BCUT2D eigenvalue weighted by Crippen LogP contribution is 2.31. The van der Waals surface area contributed by atoms with Crippen LogP contribution in [0.4, 0.5) is 0 Å². The number of likely N-dealkylation sites (tertiary alicyclic amines) is 1. The SMILES string of the molecule is CN1CC(C(=O)O)CCC1c1ccccc1. The molecule has 1 aromatic carbocycles. The van der Waals surface area contributed by atoms with Crippen molar-refractivity contribution in [2.24, 2.45) is 5.92 Å². The van der Waals surface area contributed by atoms with Crippen molar-refractivity contribution < 1.29 is 9.90 Å². The highest BCUT2D eigenvalue weighted by atomic mass is 16.4. The van der Waals surface area contributed by atoms with E-state index in [1.807, 2.05) is 25.2 Å². The average Bonchev–Trinajstić information content (AvgIpc) is 2.30. The third-order valence-electron chi connectivity index (χ3n) is 3.36. The van der Waals surface area contributed by atoms with Crippen LogP contribution in [-0.2, 0) is 4.79 Å². The second kappa shape index (κ2) is 4.66. The molecule has 86 valence electrons. The molecule has 2 atom stereocenters. The number of hydrogen-bond donors (Lipinski definition) is 1. The molecule has 0 aliphatic carbocycles. The fourth-order valence-corrected chi connectivity index (χ4v) is 2.44. The lowest BCUT2D eigenvalue weighted by Crippen LogP contribution is -2.38. The van der Waals surface area contributed by atoms with E-state index in [1.165, 1.54) is 5.56 Å². The first-order valence-electron chi connectivity index (χ1n) is 5.66. The number of nitrogens with zero attached hydrogens (tertiary/aromatic N) is 1. The minimum absolute atomic E-state index is 0.204. The monoisotopic (exact) mass is 219 g/mol. The Labute approximate surface area is 95.7 Å². The molecule has 1 fully saturated rings. The van der Waals surface area contributed by atoms with Crippen LogP contribution in [0, 0.1) is 5.92 Å². The molecule has 0 aromatic heterocycles. The van der Waals surface area contributed by atoms with Gasteiger partial charge in [-0.15, -0.1) is 0 Å². The summed E-state index contributed by atoms with van der Waals surface area (Å²) in [6.07, 6.45) is 1.71. The van der Waals surface area contributed by atoms with Crippen molar-refractivity contribution in [1.29, 1.82) is 0 Å². The van der Waals surface area contributed by atoms with Crippen molar-refractivity contribution >= 4 is 5.97 Å². The van der Waals surface area contributed by atoms with E-state index in [1.54, 1.807) is 0 Å². The van der Waals surface area contributed by atoms with Crippen LogP contribution in [0.2, 0.25) is 0 Å². The zero-order valence-electron chi connectivity index (χ0n) is 9.47. The van der Waals surface area contributed by atoms with Crippen molar-refractivity contribution in [3.63, 3.8) is 0 Å². The maximum Gasteiger partial charge on any atom is 0.307 e. The van der Waals surface area contributed by atoms with Gasteiger partial charge in [0.25, 0.3) is 0 Å². The largest absolute Gasteiger partial charge is 0.481 e. The van der Waals surface area contributed by atoms with Crippen LogP contribution in [0.1, 0.15) is 24.4 Å². The van der Waals surface area contributed by atoms with Gasteiger partial charge in [-0.25, -0.2) is 0 Å². The second-order valence-corrected chi connectivity index (χ2v) is 4.48. The van der Waals surface area contributed by atoms with Crippen LogP contribution >= 0.6 is 0 Å². The molecular weight excluding hydrogens is 202 g/mol. The fourth-order valence-electron chi connectivity index (χ4n) is 2.44. The quantitative estimate of drug-likeness (QED) is 0.828. The summed E-state index contributed by atoms with van der Waals surface area (Å²) in [7, 11) is 2.01. The van der Waals surface area contributed by atoms with Gasteiger partial charge in [0.15, 0.2) is 0 Å². The molecule has 1 heterocycles. The summed E-state index contributed by atoms with van der Waals surface area (Å²) >= 11 is 0. The van der Waals surface area contributed by atoms with Crippen molar-refractivity contribution in [3.8, 4) is 0 Å². The molecule has 2 unspecified atom stereocenters. The van der Waals surface area contributed by atoms with E-state index in [2.05, 4.69) is 17.0 Å². The number of hydrogen-bond acceptors (Lipinski definition) is 2. The number of carboxylic acid groups (broad SMARTS) is 1. The molecule has 0 amide bonds. The number of carbonyl (C=O) groups is 1. The third-order valence-corrected chi connectivity index (χ3v) is 3.36. The number of rotatable bonds is 2. The Morgan fingerprint density at radius 2 is 2.00 bits per heavy atom. The predicted octanol–water partition coefficient (Wildman–Crippen LogP) is 2.15. The predicted molar refractivity (Wildman–Crippen MR) is 62.2 cm³/mol. The van der Waals surface area contributed by atoms with Crippen LogP contribution in [-0.4, -0.2) is 29.6 Å². The normalized spacial score (nSPS) is 26.6. The van der Waals surface area contributed by atoms with E-state index in [4.69, 9.17) is 5.11 Å². The smallest absolute Gasteiger partial charge is 0.307 e. The Balaban J connectivity index is 2.08. The molecule has 1 N–H and O–H groups in total. The Hall–Kier alpha value is -1.35. The van der Waals surface area contributed by atoms with Gasteiger partial charge in [-0.3, -0.25) is 9.69 Å². The number of aliphatic carboxylic acids is 1. The van der Waals surface area contributed by atoms with Crippen LogP contribution in [0.5, 0.6) is 0 Å². The Morgan fingerprint density at radius 1 is 1.31 bits per heavy atom. The Kier molecular flexibility index (Phi) is 3.25. The van der Waals surface area contributed by atoms with Gasteiger partial charge in [-0.2, -0.15) is 0 Å². The molecule has 2 rings (SSSR count). The van der Waals surface area contributed by atoms with Gasteiger partial charge in [0.2, 0.25) is 0 Å². The first-order chi connectivity index (χ1) is 7.68. The van der Waals surface area contributed by atoms with E-state index >= 15 is 0 Å². The van der Waals surface area contributed by atoms with Crippen LogP contribution in [0.3, 0.4) is 0 Å². The lowest BCUT2D eigenvalue weighted by Gasteiger charge is -2.35. The van der Waals surface area contributed by atoms with Gasteiger partial charge < -0.3 is 5.11 Å². The maximum absolute atomic E-state index is 10.9. The minimum Gasteiger partial charge on any atom is -0.481 e. The first kappa shape index (κ1) is 11.1. The number of benzene rings is 1. The molecule has 3 heteroatoms. The zero-order valence-corrected chi connectivity index (χ0v) is 9.47. The molecule has 0 bridgehead atoms. The van der Waals surface area contributed by atoms with Crippen LogP contribution < -0.4 is 0 Å².